The summed E-state index contributed by atoms with van der Waals surface area (Å²) in [7, 11) is 2.30. The molecule has 15 heavy (non-hydrogen) atoms. The molecule has 0 aromatic heterocycles. The lowest BCUT2D eigenvalue weighted by molar-refractivity contribution is 0.167. The van der Waals surface area contributed by atoms with Crippen LogP contribution >= 0.6 is 0 Å². The van der Waals surface area contributed by atoms with E-state index in [4.69, 9.17) is 0 Å². The first-order valence-electron chi connectivity index (χ1n) is 6.69. The van der Waals surface area contributed by atoms with E-state index in [1.807, 2.05) is 0 Å². The highest BCUT2D eigenvalue weighted by molar-refractivity contribution is 5.07. The van der Waals surface area contributed by atoms with Crippen LogP contribution in [-0.4, -0.2) is 38.1 Å². The Hall–Kier alpha value is -0.0800. The third kappa shape index (κ3) is 1.83. The number of piperidine rings is 2. The van der Waals surface area contributed by atoms with Crippen LogP contribution in [0.4, 0.5) is 0 Å². The minimum atomic E-state index is 0.800. The topological polar surface area (TPSA) is 15.3 Å². The SMILES string of the molecule is CN1CCCC(C2CC23CCNCC3)C1. The van der Waals surface area contributed by atoms with Crippen molar-refractivity contribution in [2.75, 3.05) is 33.2 Å². The summed E-state index contributed by atoms with van der Waals surface area (Å²) in [5, 5.41) is 3.50. The van der Waals surface area contributed by atoms with Crippen LogP contribution in [0.2, 0.25) is 0 Å². The fourth-order valence-corrected chi connectivity index (χ4v) is 4.08. The van der Waals surface area contributed by atoms with E-state index in [2.05, 4.69) is 17.3 Å². The van der Waals surface area contributed by atoms with Gasteiger partial charge in [-0.1, -0.05) is 0 Å². The van der Waals surface area contributed by atoms with Gasteiger partial charge in [-0.15, -0.1) is 0 Å². The Morgan fingerprint density at radius 2 is 2.07 bits per heavy atom. The monoisotopic (exact) mass is 208 g/mol. The minimum absolute atomic E-state index is 0.800. The van der Waals surface area contributed by atoms with Crippen LogP contribution in [-0.2, 0) is 0 Å². The van der Waals surface area contributed by atoms with Crippen LogP contribution in [0.5, 0.6) is 0 Å². The third-order valence-corrected chi connectivity index (χ3v) is 5.08. The molecule has 2 nitrogen and oxygen atoms in total. The van der Waals surface area contributed by atoms with Gasteiger partial charge in [-0.05, 0) is 76.0 Å². The van der Waals surface area contributed by atoms with Crippen molar-refractivity contribution in [2.45, 2.75) is 32.1 Å². The number of hydrogen-bond donors (Lipinski definition) is 1. The van der Waals surface area contributed by atoms with Crippen LogP contribution in [0.3, 0.4) is 0 Å². The van der Waals surface area contributed by atoms with E-state index in [9.17, 15) is 0 Å². The molecule has 2 atom stereocenters. The summed E-state index contributed by atoms with van der Waals surface area (Å²) >= 11 is 0. The number of hydrogen-bond acceptors (Lipinski definition) is 2. The molecule has 86 valence electrons. The largest absolute Gasteiger partial charge is 0.317 e. The summed E-state index contributed by atoms with van der Waals surface area (Å²) in [5.41, 5.74) is 0.800. The van der Waals surface area contributed by atoms with Gasteiger partial charge in [0.2, 0.25) is 0 Å². The first kappa shape index (κ1) is 10.1. The molecule has 3 fully saturated rings. The van der Waals surface area contributed by atoms with E-state index >= 15 is 0 Å². The molecule has 2 aliphatic heterocycles. The molecular formula is C13H24N2. The summed E-state index contributed by atoms with van der Waals surface area (Å²) in [5.74, 6) is 2.11. The van der Waals surface area contributed by atoms with E-state index in [1.54, 1.807) is 6.42 Å². The molecular weight excluding hydrogens is 184 g/mol. The lowest BCUT2D eigenvalue weighted by atomic mass is 9.84. The van der Waals surface area contributed by atoms with Crippen LogP contribution < -0.4 is 5.32 Å². The van der Waals surface area contributed by atoms with Gasteiger partial charge < -0.3 is 10.2 Å². The zero-order valence-electron chi connectivity index (χ0n) is 9.97. The average molecular weight is 208 g/mol. The third-order valence-electron chi connectivity index (χ3n) is 5.08. The van der Waals surface area contributed by atoms with Crippen molar-refractivity contribution < 1.29 is 0 Å². The molecule has 1 saturated carbocycles. The molecule has 0 aromatic carbocycles. The molecule has 1 N–H and O–H groups in total. The normalized spacial score (nSPS) is 40.6. The molecule has 2 heteroatoms. The summed E-state index contributed by atoms with van der Waals surface area (Å²) < 4.78 is 0. The van der Waals surface area contributed by atoms with Gasteiger partial charge in [0.05, 0.1) is 0 Å². The second-order valence-corrected chi connectivity index (χ2v) is 6.09. The predicted octanol–water partition coefficient (Wildman–Crippen LogP) is 1.72. The van der Waals surface area contributed by atoms with Crippen molar-refractivity contribution >= 4 is 0 Å². The minimum Gasteiger partial charge on any atom is -0.317 e. The summed E-state index contributed by atoms with van der Waals surface area (Å²) in [6.07, 6.45) is 7.40. The predicted molar refractivity (Wildman–Crippen MR) is 62.9 cm³/mol. The van der Waals surface area contributed by atoms with Gasteiger partial charge in [-0.2, -0.15) is 0 Å². The van der Waals surface area contributed by atoms with Crippen LogP contribution in [0.1, 0.15) is 32.1 Å². The summed E-state index contributed by atoms with van der Waals surface area (Å²) in [6.45, 7) is 5.26. The maximum Gasteiger partial charge on any atom is 0.000947 e. The zero-order valence-corrected chi connectivity index (χ0v) is 9.97. The van der Waals surface area contributed by atoms with Gasteiger partial charge in [0.1, 0.15) is 0 Å². The van der Waals surface area contributed by atoms with Gasteiger partial charge in [-0.25, -0.2) is 0 Å². The molecule has 3 aliphatic rings. The van der Waals surface area contributed by atoms with Crippen LogP contribution in [0.15, 0.2) is 0 Å². The molecule has 2 unspecified atom stereocenters. The molecule has 1 spiro atoms. The lowest BCUT2D eigenvalue weighted by Gasteiger charge is -2.33. The number of nitrogens with zero attached hydrogens (tertiary/aromatic N) is 1. The molecule has 0 aromatic rings. The molecule has 0 radical (unpaired) electrons. The quantitative estimate of drug-likeness (QED) is 0.706. The van der Waals surface area contributed by atoms with Gasteiger partial charge in [-0.3, -0.25) is 0 Å². The van der Waals surface area contributed by atoms with Gasteiger partial charge in [0, 0.05) is 6.54 Å². The highest BCUT2D eigenvalue weighted by atomic mass is 15.1. The van der Waals surface area contributed by atoms with E-state index in [0.29, 0.717) is 0 Å². The maximum atomic E-state index is 3.50. The van der Waals surface area contributed by atoms with Crippen molar-refractivity contribution in [3.63, 3.8) is 0 Å². The Morgan fingerprint density at radius 3 is 2.80 bits per heavy atom. The second kappa shape index (κ2) is 3.74. The molecule has 0 amide bonds. The lowest BCUT2D eigenvalue weighted by Crippen LogP contribution is -2.36. The standard InChI is InChI=1S/C13H24N2/c1-15-8-2-3-11(10-15)12-9-13(12)4-6-14-7-5-13/h11-12,14H,2-10H2,1H3. The Labute approximate surface area is 93.4 Å². The number of rotatable bonds is 1. The fourth-order valence-electron chi connectivity index (χ4n) is 4.08. The highest BCUT2D eigenvalue weighted by Gasteiger charge is 2.56. The zero-order chi connectivity index (χ0) is 10.3. The van der Waals surface area contributed by atoms with E-state index < -0.39 is 0 Å². The average Bonchev–Trinajstić information content (AvgIpc) is 2.93. The van der Waals surface area contributed by atoms with Crippen molar-refractivity contribution in [1.82, 2.24) is 10.2 Å². The molecule has 1 aliphatic carbocycles. The van der Waals surface area contributed by atoms with Gasteiger partial charge in [0.25, 0.3) is 0 Å². The van der Waals surface area contributed by atoms with E-state index in [-0.39, 0.29) is 0 Å². The fraction of sp³-hybridized carbons (Fsp3) is 1.00. The number of likely N-dealkylation sites (tertiary alicyclic amines) is 1. The smallest absolute Gasteiger partial charge is 0.000947 e. The van der Waals surface area contributed by atoms with Gasteiger partial charge >= 0.3 is 0 Å². The summed E-state index contributed by atoms with van der Waals surface area (Å²) in [6, 6.07) is 0. The Kier molecular flexibility index (Phi) is 2.52. The van der Waals surface area contributed by atoms with E-state index in [0.717, 1.165) is 17.3 Å². The van der Waals surface area contributed by atoms with Gasteiger partial charge in [0.15, 0.2) is 0 Å². The maximum absolute atomic E-state index is 3.50. The summed E-state index contributed by atoms with van der Waals surface area (Å²) in [4.78, 5) is 2.54. The van der Waals surface area contributed by atoms with Crippen molar-refractivity contribution in [2.24, 2.45) is 17.3 Å². The van der Waals surface area contributed by atoms with E-state index in [1.165, 1.54) is 51.9 Å². The van der Waals surface area contributed by atoms with Crippen LogP contribution in [0, 0.1) is 17.3 Å². The molecule has 2 heterocycles. The number of nitrogens with one attached hydrogen (secondary N) is 1. The second-order valence-electron chi connectivity index (χ2n) is 6.09. The molecule has 3 rings (SSSR count). The van der Waals surface area contributed by atoms with Crippen molar-refractivity contribution in [3.8, 4) is 0 Å². The van der Waals surface area contributed by atoms with Crippen molar-refractivity contribution in [3.05, 3.63) is 0 Å². The first-order chi connectivity index (χ1) is 7.30. The Balaban J connectivity index is 1.60. The van der Waals surface area contributed by atoms with Crippen LogP contribution in [0.25, 0.3) is 0 Å². The van der Waals surface area contributed by atoms with Crippen molar-refractivity contribution in [1.29, 1.82) is 0 Å². The highest BCUT2D eigenvalue weighted by Crippen LogP contribution is 2.62. The molecule has 2 saturated heterocycles. The Morgan fingerprint density at radius 1 is 1.27 bits per heavy atom. The Bertz CT molecular complexity index is 233. The first-order valence-corrected chi connectivity index (χ1v) is 6.69. The molecule has 0 bridgehead atoms.